The number of anilines is 2. The summed E-state index contributed by atoms with van der Waals surface area (Å²) in [6, 6.07) is 21.2. The maximum absolute atomic E-state index is 14.7. The number of methoxy groups -OCH3 is 2. The van der Waals surface area contributed by atoms with Crippen molar-refractivity contribution >= 4 is 28.1 Å². The fraction of sp³-hybridized carbons (Fsp3) is 0.317. The average molecular weight is 693 g/mol. The predicted molar refractivity (Wildman–Crippen MR) is 196 cm³/mol. The quantitative estimate of drug-likeness (QED) is 0.0893. The molecule has 5 aromatic rings. The standard InChI is InChI=1S/C41H44N2O8/c1-4-29-26-15-16-42-39(22-26)43-32-12-8-25-18-28(44)9-11-30(25)31(32)10-7-24(27-20-36(48)41(49)38(21-27)51-3)19-35(47)40(29)34(46)14-6-23-5-13-33(45)37(17-23)50-2/h5,8-9,11-13,15-18,20-22,24,29,34,40,44-46,48-49H,4,6-7,10,14,19H2,1-3H3,(H,42,43). The van der Waals surface area contributed by atoms with Crippen molar-refractivity contribution < 1.29 is 39.8 Å². The minimum Gasteiger partial charge on any atom is -0.508 e. The number of phenols is 4. The highest BCUT2D eigenvalue weighted by Gasteiger charge is 2.36. The van der Waals surface area contributed by atoms with Gasteiger partial charge in [-0.2, -0.15) is 0 Å². The molecule has 2 bridgehead atoms. The van der Waals surface area contributed by atoms with Gasteiger partial charge in [-0.3, -0.25) is 4.79 Å². The van der Waals surface area contributed by atoms with Crippen LogP contribution in [0.4, 0.5) is 11.5 Å². The first kappa shape index (κ1) is 35.3. The van der Waals surface area contributed by atoms with Crippen LogP contribution in [-0.4, -0.2) is 56.6 Å². The molecule has 4 atom stereocenters. The van der Waals surface area contributed by atoms with Crippen LogP contribution in [0.25, 0.3) is 10.8 Å². The molecule has 0 saturated carbocycles. The molecule has 1 aliphatic heterocycles. The number of benzene rings is 4. The minimum atomic E-state index is -1.01. The van der Waals surface area contributed by atoms with Gasteiger partial charge >= 0.3 is 0 Å². The van der Waals surface area contributed by atoms with Crippen molar-refractivity contribution in [3.63, 3.8) is 0 Å². The maximum atomic E-state index is 14.7. The molecule has 0 aliphatic carbocycles. The summed E-state index contributed by atoms with van der Waals surface area (Å²) in [5, 5.41) is 58.7. The van der Waals surface area contributed by atoms with E-state index in [0.717, 1.165) is 33.2 Å². The van der Waals surface area contributed by atoms with E-state index in [1.54, 1.807) is 42.6 Å². The molecule has 0 amide bonds. The number of aliphatic hydroxyl groups excluding tert-OH is 1. The number of nitrogens with one attached hydrogen (secondary N) is 1. The topological polar surface area (TPSA) is 162 Å². The number of aryl methyl sites for hydroxylation is 2. The second-order valence-electron chi connectivity index (χ2n) is 13.2. The van der Waals surface area contributed by atoms with Gasteiger partial charge in [-0.25, -0.2) is 4.98 Å². The van der Waals surface area contributed by atoms with E-state index >= 15 is 0 Å². The van der Waals surface area contributed by atoms with Crippen molar-refractivity contribution in [2.24, 2.45) is 5.92 Å². The first-order chi connectivity index (χ1) is 24.6. The van der Waals surface area contributed by atoms with Crippen molar-refractivity contribution in [2.45, 2.75) is 63.4 Å². The Kier molecular flexibility index (Phi) is 10.5. The van der Waals surface area contributed by atoms with Crippen molar-refractivity contribution in [3.8, 4) is 34.5 Å². The van der Waals surface area contributed by atoms with Gasteiger partial charge in [0.05, 0.1) is 26.2 Å². The molecule has 6 rings (SSSR count). The van der Waals surface area contributed by atoms with E-state index in [-0.39, 0.29) is 46.9 Å². The highest BCUT2D eigenvalue weighted by atomic mass is 16.5. The smallest absolute Gasteiger partial charge is 0.200 e. The summed E-state index contributed by atoms with van der Waals surface area (Å²) in [6.45, 7) is 2.01. The average Bonchev–Trinajstić information content (AvgIpc) is 3.13. The van der Waals surface area contributed by atoms with Gasteiger partial charge in [0.25, 0.3) is 0 Å². The van der Waals surface area contributed by atoms with Gasteiger partial charge in [-0.05, 0) is 132 Å². The number of hydrogen-bond donors (Lipinski definition) is 6. The number of nitrogens with zero attached hydrogens (tertiary/aromatic N) is 1. The summed E-state index contributed by atoms with van der Waals surface area (Å²) in [5.74, 6) is -1.17. The summed E-state index contributed by atoms with van der Waals surface area (Å²) in [5.41, 5.74) is 4.15. The lowest BCUT2D eigenvalue weighted by Gasteiger charge is -2.31. The molecule has 6 N–H and O–H groups in total. The normalized spacial score (nSPS) is 18.4. The van der Waals surface area contributed by atoms with Crippen LogP contribution in [0.5, 0.6) is 34.5 Å². The predicted octanol–water partition coefficient (Wildman–Crippen LogP) is 7.61. The van der Waals surface area contributed by atoms with E-state index in [0.29, 0.717) is 49.2 Å². The number of aromatic nitrogens is 1. The van der Waals surface area contributed by atoms with E-state index < -0.39 is 17.9 Å². The SMILES string of the molecule is CCC1c2ccnc(c2)Nc2ccc3cc(O)ccc3c2CCC(c2cc(O)c(O)c(OC)c2)CC(=O)C1C(O)CCc1ccc(O)c(OC)c1. The highest BCUT2D eigenvalue weighted by molar-refractivity contribution is 5.92. The first-order valence-electron chi connectivity index (χ1n) is 17.2. The number of carbonyl (C=O) groups excluding carboxylic acids is 1. The third-order valence-electron chi connectivity index (χ3n) is 10.2. The number of rotatable bonds is 8. The highest BCUT2D eigenvalue weighted by Crippen LogP contribution is 2.43. The fourth-order valence-corrected chi connectivity index (χ4v) is 7.52. The zero-order valence-electron chi connectivity index (χ0n) is 29.0. The second-order valence-corrected chi connectivity index (χ2v) is 13.2. The van der Waals surface area contributed by atoms with Crippen LogP contribution in [0.15, 0.2) is 79.0 Å². The van der Waals surface area contributed by atoms with Gasteiger partial charge in [0, 0.05) is 18.3 Å². The second kappa shape index (κ2) is 15.2. The molecule has 1 aromatic heterocycles. The summed E-state index contributed by atoms with van der Waals surface area (Å²) >= 11 is 0. The Balaban J connectivity index is 1.45. The lowest BCUT2D eigenvalue weighted by atomic mass is 9.74. The number of aromatic hydroxyl groups is 4. The minimum absolute atomic E-state index is 0.0246. The van der Waals surface area contributed by atoms with Crippen molar-refractivity contribution in [2.75, 3.05) is 19.5 Å². The number of pyridine rings is 1. The number of Topliss-reactive ketones (excluding diaryl/α,β-unsaturated/α-hetero) is 1. The van der Waals surface area contributed by atoms with Crippen LogP contribution in [0.3, 0.4) is 0 Å². The summed E-state index contributed by atoms with van der Waals surface area (Å²) in [6.07, 6.45) is 3.08. The van der Waals surface area contributed by atoms with E-state index in [4.69, 9.17) is 9.47 Å². The van der Waals surface area contributed by atoms with Crippen LogP contribution in [0.1, 0.15) is 66.7 Å². The number of ketones is 1. The Morgan fingerprint density at radius 3 is 2.45 bits per heavy atom. The Labute approximate surface area is 297 Å². The summed E-state index contributed by atoms with van der Waals surface area (Å²) < 4.78 is 10.7. The number of hydrogen-bond acceptors (Lipinski definition) is 10. The van der Waals surface area contributed by atoms with Gasteiger partial charge in [0.2, 0.25) is 5.75 Å². The molecule has 266 valence electrons. The molecule has 0 saturated heterocycles. The van der Waals surface area contributed by atoms with Crippen LogP contribution in [-0.2, 0) is 17.6 Å². The zero-order valence-corrected chi connectivity index (χ0v) is 29.0. The van der Waals surface area contributed by atoms with Gasteiger partial charge < -0.3 is 40.3 Å². The fourth-order valence-electron chi connectivity index (χ4n) is 7.52. The molecule has 4 aromatic carbocycles. The van der Waals surface area contributed by atoms with E-state index in [1.807, 2.05) is 37.3 Å². The Hall–Kier alpha value is -5.48. The van der Waals surface area contributed by atoms with E-state index in [1.165, 1.54) is 20.3 Å². The lowest BCUT2D eigenvalue weighted by molar-refractivity contribution is -0.128. The Morgan fingerprint density at radius 1 is 0.882 bits per heavy atom. The van der Waals surface area contributed by atoms with E-state index in [9.17, 15) is 30.3 Å². The Bertz CT molecular complexity index is 2050. The molecule has 1 aliphatic rings. The number of aliphatic hydroxyl groups is 1. The number of fused-ring (bicyclic) bond motifs is 5. The van der Waals surface area contributed by atoms with E-state index in [2.05, 4.69) is 10.3 Å². The number of ether oxygens (including phenoxy) is 2. The number of phenolic OH excluding ortho intramolecular Hbond substituents is 4. The third kappa shape index (κ3) is 7.51. The first-order valence-corrected chi connectivity index (χ1v) is 17.2. The van der Waals surface area contributed by atoms with Gasteiger partial charge in [-0.15, -0.1) is 0 Å². The van der Waals surface area contributed by atoms with Gasteiger partial charge in [-0.1, -0.05) is 25.1 Å². The monoisotopic (exact) mass is 692 g/mol. The molecule has 10 heteroatoms. The molecule has 0 radical (unpaired) electrons. The van der Waals surface area contributed by atoms with Gasteiger partial charge in [0.1, 0.15) is 17.4 Å². The molecule has 0 fully saturated rings. The third-order valence-corrected chi connectivity index (χ3v) is 10.2. The van der Waals surface area contributed by atoms with Crippen LogP contribution in [0.2, 0.25) is 0 Å². The molecular weight excluding hydrogens is 648 g/mol. The zero-order chi connectivity index (χ0) is 36.2. The van der Waals surface area contributed by atoms with Crippen LogP contribution >= 0.6 is 0 Å². The molecule has 0 spiro atoms. The van der Waals surface area contributed by atoms with Crippen molar-refractivity contribution in [3.05, 3.63) is 101 Å². The molecule has 10 nitrogen and oxygen atoms in total. The molecule has 2 heterocycles. The lowest BCUT2D eigenvalue weighted by Crippen LogP contribution is -2.35. The molecule has 51 heavy (non-hydrogen) atoms. The summed E-state index contributed by atoms with van der Waals surface area (Å²) in [7, 11) is 2.89. The van der Waals surface area contributed by atoms with Crippen molar-refractivity contribution in [1.29, 1.82) is 0 Å². The van der Waals surface area contributed by atoms with Crippen LogP contribution in [0, 0.1) is 5.92 Å². The number of carbonyl (C=O) groups is 1. The van der Waals surface area contributed by atoms with Crippen molar-refractivity contribution in [1.82, 2.24) is 4.98 Å². The molecular formula is C41H44N2O8. The Morgan fingerprint density at radius 2 is 1.69 bits per heavy atom. The maximum Gasteiger partial charge on any atom is 0.200 e. The summed E-state index contributed by atoms with van der Waals surface area (Å²) in [4.78, 5) is 19.4. The molecule has 4 unspecified atom stereocenters. The van der Waals surface area contributed by atoms with Gasteiger partial charge in [0.15, 0.2) is 23.0 Å². The largest absolute Gasteiger partial charge is 0.508 e. The van der Waals surface area contributed by atoms with Crippen LogP contribution < -0.4 is 14.8 Å².